The molecule has 0 radical (unpaired) electrons. The minimum atomic E-state index is -4.21. The van der Waals surface area contributed by atoms with E-state index in [1.165, 1.54) is 19.9 Å². The third-order valence-corrected chi connectivity index (χ3v) is 2.53. The molecule has 0 nitrogen and oxygen atoms in total. The van der Waals surface area contributed by atoms with Crippen LogP contribution in [0.5, 0.6) is 0 Å². The van der Waals surface area contributed by atoms with Gasteiger partial charge < -0.3 is 0 Å². The van der Waals surface area contributed by atoms with Crippen molar-refractivity contribution in [1.82, 2.24) is 0 Å². The number of hydrogen-bond acceptors (Lipinski definition) is 0. The Hall–Kier alpha value is -0.990. The summed E-state index contributed by atoms with van der Waals surface area (Å²) in [7, 11) is 0. The molecule has 0 bridgehead atoms. The molecule has 14 heavy (non-hydrogen) atoms. The van der Waals surface area contributed by atoms with Gasteiger partial charge in [0.1, 0.15) is 0 Å². The zero-order valence-electron chi connectivity index (χ0n) is 8.44. The van der Waals surface area contributed by atoms with Gasteiger partial charge in [0.25, 0.3) is 0 Å². The Morgan fingerprint density at radius 2 is 1.50 bits per heavy atom. The van der Waals surface area contributed by atoms with Gasteiger partial charge in [0.2, 0.25) is 0 Å². The van der Waals surface area contributed by atoms with Crippen molar-refractivity contribution in [3.8, 4) is 0 Å². The molecule has 0 saturated carbocycles. The van der Waals surface area contributed by atoms with Crippen LogP contribution in [0.1, 0.15) is 25.0 Å². The molecule has 0 fully saturated rings. The van der Waals surface area contributed by atoms with Crippen LogP contribution in [0.15, 0.2) is 24.3 Å². The van der Waals surface area contributed by atoms with Gasteiger partial charge in [-0.05, 0) is 31.9 Å². The largest absolute Gasteiger partial charge is 0.397 e. The lowest BCUT2D eigenvalue weighted by atomic mass is 9.81. The second-order valence-electron chi connectivity index (χ2n) is 3.94. The lowest BCUT2D eigenvalue weighted by Gasteiger charge is -2.29. The molecule has 0 aliphatic heterocycles. The van der Waals surface area contributed by atoms with E-state index in [0.717, 1.165) is 0 Å². The Bertz CT molecular complexity index is 324. The summed E-state index contributed by atoms with van der Waals surface area (Å²) >= 11 is 0. The van der Waals surface area contributed by atoms with Crippen molar-refractivity contribution in [3.05, 3.63) is 35.4 Å². The summed E-state index contributed by atoms with van der Waals surface area (Å²) in [6.07, 6.45) is -4.21. The minimum Gasteiger partial charge on any atom is -0.170 e. The van der Waals surface area contributed by atoms with Crippen LogP contribution in [0.2, 0.25) is 0 Å². The van der Waals surface area contributed by atoms with Crippen molar-refractivity contribution in [2.24, 2.45) is 0 Å². The molecule has 0 heterocycles. The van der Waals surface area contributed by atoms with E-state index >= 15 is 0 Å². The topological polar surface area (TPSA) is 0 Å². The van der Waals surface area contributed by atoms with Gasteiger partial charge >= 0.3 is 6.18 Å². The van der Waals surface area contributed by atoms with E-state index in [-0.39, 0.29) is 0 Å². The number of halogens is 3. The van der Waals surface area contributed by atoms with Crippen LogP contribution in [0, 0.1) is 6.92 Å². The molecule has 1 rings (SSSR count). The van der Waals surface area contributed by atoms with Gasteiger partial charge in [-0.25, -0.2) is 0 Å². The molecule has 0 unspecified atom stereocenters. The third-order valence-electron chi connectivity index (χ3n) is 2.53. The van der Waals surface area contributed by atoms with Gasteiger partial charge in [-0.2, -0.15) is 13.2 Å². The van der Waals surface area contributed by atoms with Gasteiger partial charge in [-0.1, -0.05) is 24.3 Å². The Morgan fingerprint density at radius 3 is 1.93 bits per heavy atom. The number of alkyl halides is 3. The zero-order chi connectivity index (χ0) is 11.0. The van der Waals surface area contributed by atoms with E-state index in [1.54, 1.807) is 25.1 Å². The molecule has 1 aromatic carbocycles. The molecule has 0 atom stereocenters. The van der Waals surface area contributed by atoms with Crippen molar-refractivity contribution in [2.45, 2.75) is 32.4 Å². The van der Waals surface area contributed by atoms with E-state index in [9.17, 15) is 13.2 Å². The molecule has 0 aromatic heterocycles. The van der Waals surface area contributed by atoms with Gasteiger partial charge in [-0.3, -0.25) is 0 Å². The van der Waals surface area contributed by atoms with Gasteiger partial charge in [0.05, 0.1) is 5.41 Å². The van der Waals surface area contributed by atoms with Crippen molar-refractivity contribution in [1.29, 1.82) is 0 Å². The van der Waals surface area contributed by atoms with Crippen molar-refractivity contribution < 1.29 is 13.2 Å². The normalized spacial score (nSPS) is 13.0. The molecule has 78 valence electrons. The summed E-state index contributed by atoms with van der Waals surface area (Å²) in [6.45, 7) is 4.10. The summed E-state index contributed by atoms with van der Waals surface area (Å²) < 4.78 is 38.1. The summed E-state index contributed by atoms with van der Waals surface area (Å²) in [5.41, 5.74) is -0.763. The maximum Gasteiger partial charge on any atom is 0.397 e. The first kappa shape index (κ1) is 11.1. The van der Waals surface area contributed by atoms with Gasteiger partial charge in [-0.15, -0.1) is 0 Å². The van der Waals surface area contributed by atoms with E-state index < -0.39 is 11.6 Å². The first-order valence-electron chi connectivity index (χ1n) is 4.39. The molecule has 0 aliphatic rings. The first-order valence-corrected chi connectivity index (χ1v) is 4.39. The Morgan fingerprint density at radius 1 is 1.00 bits per heavy atom. The van der Waals surface area contributed by atoms with Crippen LogP contribution in [0.3, 0.4) is 0 Å². The van der Waals surface area contributed by atoms with E-state index in [4.69, 9.17) is 0 Å². The van der Waals surface area contributed by atoms with Crippen LogP contribution in [-0.2, 0) is 5.41 Å². The highest BCUT2D eigenvalue weighted by Gasteiger charge is 2.48. The fraction of sp³-hybridized carbons (Fsp3) is 0.455. The molecule has 3 heteroatoms. The van der Waals surface area contributed by atoms with Crippen LogP contribution in [0.25, 0.3) is 0 Å². The van der Waals surface area contributed by atoms with E-state index in [1.807, 2.05) is 0 Å². The SMILES string of the molecule is Cc1ccccc1C(C)(C)C(F)(F)F. The van der Waals surface area contributed by atoms with Gasteiger partial charge in [0, 0.05) is 0 Å². The van der Waals surface area contributed by atoms with Crippen LogP contribution < -0.4 is 0 Å². The highest BCUT2D eigenvalue weighted by Crippen LogP contribution is 2.41. The lowest BCUT2D eigenvalue weighted by molar-refractivity contribution is -0.180. The summed E-state index contributed by atoms with van der Waals surface area (Å²) in [5.74, 6) is 0. The predicted octanol–water partition coefficient (Wildman–Crippen LogP) is 3.83. The number of rotatable bonds is 1. The summed E-state index contributed by atoms with van der Waals surface area (Å²) in [6, 6.07) is 6.60. The maximum atomic E-state index is 12.7. The first-order chi connectivity index (χ1) is 6.27. The van der Waals surface area contributed by atoms with E-state index in [2.05, 4.69) is 0 Å². The number of benzene rings is 1. The maximum absolute atomic E-state index is 12.7. The highest BCUT2D eigenvalue weighted by molar-refractivity contribution is 5.33. The molecule has 1 aromatic rings. The Kier molecular flexibility index (Phi) is 2.61. The minimum absolute atomic E-state index is 0.340. The smallest absolute Gasteiger partial charge is 0.170 e. The Labute approximate surface area is 81.8 Å². The quantitative estimate of drug-likeness (QED) is 0.649. The number of aryl methyl sites for hydroxylation is 1. The molecular formula is C11H13F3. The average Bonchev–Trinajstić information content (AvgIpc) is 2.02. The number of hydrogen-bond donors (Lipinski definition) is 0. The van der Waals surface area contributed by atoms with E-state index in [0.29, 0.717) is 11.1 Å². The zero-order valence-corrected chi connectivity index (χ0v) is 8.44. The standard InChI is InChI=1S/C11H13F3/c1-8-6-4-5-7-9(8)10(2,3)11(12,13)14/h4-7H,1-3H3. The average molecular weight is 202 g/mol. The summed E-state index contributed by atoms with van der Waals surface area (Å²) in [4.78, 5) is 0. The highest BCUT2D eigenvalue weighted by atomic mass is 19.4. The molecule has 0 amide bonds. The molecule has 0 aliphatic carbocycles. The van der Waals surface area contributed by atoms with Crippen LogP contribution in [0.4, 0.5) is 13.2 Å². The van der Waals surface area contributed by atoms with Crippen LogP contribution in [-0.4, -0.2) is 6.18 Å². The lowest BCUT2D eigenvalue weighted by Crippen LogP contribution is -2.36. The van der Waals surface area contributed by atoms with Crippen LogP contribution >= 0.6 is 0 Å². The predicted molar refractivity (Wildman–Crippen MR) is 50.3 cm³/mol. The molecule has 0 saturated heterocycles. The molecule has 0 spiro atoms. The van der Waals surface area contributed by atoms with Gasteiger partial charge in [0.15, 0.2) is 0 Å². The molecule has 0 N–H and O–H groups in total. The van der Waals surface area contributed by atoms with Crippen molar-refractivity contribution in [3.63, 3.8) is 0 Å². The second kappa shape index (κ2) is 3.30. The van der Waals surface area contributed by atoms with Crippen molar-refractivity contribution in [2.75, 3.05) is 0 Å². The second-order valence-corrected chi connectivity index (χ2v) is 3.94. The van der Waals surface area contributed by atoms with Crippen molar-refractivity contribution >= 4 is 0 Å². The summed E-state index contributed by atoms with van der Waals surface area (Å²) in [5, 5.41) is 0. The fourth-order valence-corrected chi connectivity index (χ4v) is 1.43. The third kappa shape index (κ3) is 1.76. The fourth-order valence-electron chi connectivity index (χ4n) is 1.43. The Balaban J connectivity index is 3.23. The molecular weight excluding hydrogens is 189 g/mol. The monoisotopic (exact) mass is 202 g/mol.